The zero-order valence-corrected chi connectivity index (χ0v) is 19.4. The second-order valence-corrected chi connectivity index (χ2v) is 9.12. The maximum atomic E-state index is 14.1. The van der Waals surface area contributed by atoms with Crippen LogP contribution in [0.15, 0.2) is 30.7 Å². The minimum Gasteiger partial charge on any atom is -0.387 e. The van der Waals surface area contributed by atoms with Crippen LogP contribution in [-0.2, 0) is 0 Å². The van der Waals surface area contributed by atoms with Crippen molar-refractivity contribution in [1.29, 1.82) is 0 Å². The summed E-state index contributed by atoms with van der Waals surface area (Å²) in [5.74, 6) is 0.139. The van der Waals surface area contributed by atoms with Crippen molar-refractivity contribution in [3.05, 3.63) is 41.3 Å². The summed E-state index contributed by atoms with van der Waals surface area (Å²) >= 11 is 6.07. The minimum atomic E-state index is -1.67. The van der Waals surface area contributed by atoms with Gasteiger partial charge in [0.25, 0.3) is 5.91 Å². The average molecular weight is 482 g/mol. The number of aliphatic hydroxyl groups is 1. The predicted molar refractivity (Wildman–Crippen MR) is 123 cm³/mol. The van der Waals surface area contributed by atoms with E-state index in [1.807, 2.05) is 0 Å². The first kappa shape index (κ1) is 24.6. The predicted octanol–water partition coefficient (Wildman–Crippen LogP) is 3.52. The molecule has 4 N–H and O–H groups in total. The topological polar surface area (TPSA) is 116 Å². The van der Waals surface area contributed by atoms with E-state index in [1.165, 1.54) is 50.7 Å². The first-order valence-electron chi connectivity index (χ1n) is 10.2. The third-order valence-electron chi connectivity index (χ3n) is 4.64. The average Bonchev–Trinajstić information content (AvgIpc) is 3.09. The summed E-state index contributed by atoms with van der Waals surface area (Å²) in [5, 5.41) is 22.5. The molecule has 3 aromatic heterocycles. The number of amides is 1. The molecule has 0 unspecified atom stereocenters. The third-order valence-corrected chi connectivity index (χ3v) is 4.90. The molecule has 0 saturated carbocycles. The van der Waals surface area contributed by atoms with E-state index in [1.54, 1.807) is 12.3 Å². The van der Waals surface area contributed by atoms with Crippen molar-refractivity contribution in [2.75, 3.05) is 23.7 Å². The van der Waals surface area contributed by atoms with Gasteiger partial charge in [-0.05, 0) is 33.8 Å². The number of aromatic nitrogens is 4. The maximum absolute atomic E-state index is 14.1. The van der Waals surface area contributed by atoms with Gasteiger partial charge in [0.05, 0.1) is 29.6 Å². The van der Waals surface area contributed by atoms with E-state index in [2.05, 4.69) is 31.0 Å². The lowest BCUT2D eigenvalue weighted by Crippen LogP contribution is -2.42. The van der Waals surface area contributed by atoms with Crippen molar-refractivity contribution in [2.24, 2.45) is 0 Å². The molecule has 1 amide bonds. The number of hydrogen-bond donors (Lipinski definition) is 4. The molecule has 0 radical (unpaired) electrons. The highest BCUT2D eigenvalue weighted by Gasteiger charge is 2.27. The van der Waals surface area contributed by atoms with Crippen LogP contribution >= 0.6 is 11.6 Å². The van der Waals surface area contributed by atoms with Crippen molar-refractivity contribution in [3.8, 4) is 0 Å². The Bertz CT molecular complexity index is 1140. The van der Waals surface area contributed by atoms with Crippen molar-refractivity contribution >= 4 is 40.5 Å². The van der Waals surface area contributed by atoms with Gasteiger partial charge in [-0.1, -0.05) is 11.6 Å². The van der Waals surface area contributed by atoms with Crippen LogP contribution in [-0.4, -0.2) is 61.1 Å². The highest BCUT2D eigenvalue weighted by atomic mass is 35.5. The molecule has 1 atom stereocenters. The number of anilines is 3. The van der Waals surface area contributed by atoms with Crippen LogP contribution in [0.2, 0.25) is 5.02 Å². The van der Waals surface area contributed by atoms with E-state index in [0.717, 1.165) is 0 Å². The van der Waals surface area contributed by atoms with Crippen molar-refractivity contribution in [1.82, 2.24) is 24.9 Å². The second kappa shape index (κ2) is 9.44. The Labute approximate surface area is 194 Å². The van der Waals surface area contributed by atoms with Crippen molar-refractivity contribution < 1.29 is 18.7 Å². The fourth-order valence-corrected chi connectivity index (χ4v) is 2.90. The maximum Gasteiger partial charge on any atom is 0.255 e. The largest absolute Gasteiger partial charge is 0.387 e. The fraction of sp³-hybridized carbons (Fsp3) is 0.429. The molecule has 3 heterocycles. The Morgan fingerprint density at radius 1 is 1.27 bits per heavy atom. The van der Waals surface area contributed by atoms with Gasteiger partial charge in [-0.3, -0.25) is 4.79 Å². The SMILES string of the molecule is CC(C)(F)CNc1cc(Nc2ccn3ncc(Cl)c3n2)ncc1C(=O)NC[C@@H](F)C(C)(C)O. The summed E-state index contributed by atoms with van der Waals surface area (Å²) in [6, 6.07) is 3.18. The van der Waals surface area contributed by atoms with Gasteiger partial charge in [-0.25, -0.2) is 23.3 Å². The third kappa shape index (κ3) is 6.48. The van der Waals surface area contributed by atoms with Gasteiger partial charge in [0.15, 0.2) is 5.65 Å². The highest BCUT2D eigenvalue weighted by Crippen LogP contribution is 2.24. The lowest BCUT2D eigenvalue weighted by atomic mass is 10.0. The molecular formula is C21H26ClF2N7O2. The van der Waals surface area contributed by atoms with Gasteiger partial charge < -0.3 is 21.1 Å². The van der Waals surface area contributed by atoms with Gasteiger partial charge in [0.2, 0.25) is 0 Å². The number of hydrogen-bond acceptors (Lipinski definition) is 7. The molecule has 0 spiro atoms. The first-order chi connectivity index (χ1) is 15.3. The zero-order chi connectivity index (χ0) is 24.4. The Kier molecular flexibility index (Phi) is 7.03. The molecule has 33 heavy (non-hydrogen) atoms. The summed E-state index contributed by atoms with van der Waals surface area (Å²) in [7, 11) is 0. The van der Waals surface area contributed by atoms with Gasteiger partial charge in [-0.15, -0.1) is 0 Å². The van der Waals surface area contributed by atoms with Crippen LogP contribution in [0.5, 0.6) is 0 Å². The Morgan fingerprint density at radius 3 is 2.67 bits per heavy atom. The van der Waals surface area contributed by atoms with E-state index < -0.39 is 29.9 Å². The number of rotatable bonds is 9. The lowest BCUT2D eigenvalue weighted by molar-refractivity contribution is -0.00177. The fourth-order valence-electron chi connectivity index (χ4n) is 2.73. The Balaban J connectivity index is 1.83. The van der Waals surface area contributed by atoms with E-state index in [9.17, 15) is 18.7 Å². The molecule has 0 aliphatic rings. The molecule has 0 saturated heterocycles. The number of halogens is 3. The number of carbonyl (C=O) groups excluding carboxylic acids is 1. The smallest absolute Gasteiger partial charge is 0.255 e. The normalized spacial score (nSPS) is 13.1. The van der Waals surface area contributed by atoms with E-state index in [0.29, 0.717) is 22.3 Å². The molecule has 3 rings (SSSR count). The van der Waals surface area contributed by atoms with Crippen LogP contribution in [0.3, 0.4) is 0 Å². The van der Waals surface area contributed by atoms with Crippen LogP contribution < -0.4 is 16.0 Å². The van der Waals surface area contributed by atoms with Crippen LogP contribution in [0.1, 0.15) is 38.1 Å². The lowest BCUT2D eigenvalue weighted by Gasteiger charge is -2.23. The van der Waals surface area contributed by atoms with Gasteiger partial charge in [0, 0.05) is 25.0 Å². The number of fused-ring (bicyclic) bond motifs is 1. The molecule has 178 valence electrons. The molecular weight excluding hydrogens is 456 g/mol. The van der Waals surface area contributed by atoms with E-state index in [-0.39, 0.29) is 17.8 Å². The molecule has 0 aliphatic heterocycles. The summed E-state index contributed by atoms with van der Waals surface area (Å²) < 4.78 is 29.6. The Morgan fingerprint density at radius 2 is 2.00 bits per heavy atom. The second-order valence-electron chi connectivity index (χ2n) is 8.72. The molecule has 0 bridgehead atoms. The number of pyridine rings is 1. The van der Waals surface area contributed by atoms with Crippen molar-refractivity contribution in [3.63, 3.8) is 0 Å². The molecule has 0 aliphatic carbocycles. The molecule has 3 aromatic rings. The van der Waals surface area contributed by atoms with Crippen LogP contribution in [0.25, 0.3) is 5.65 Å². The molecule has 9 nitrogen and oxygen atoms in total. The number of alkyl halides is 2. The summed E-state index contributed by atoms with van der Waals surface area (Å²) in [6.45, 7) is 4.93. The minimum absolute atomic E-state index is 0.0816. The van der Waals surface area contributed by atoms with Crippen LogP contribution in [0.4, 0.5) is 26.1 Å². The summed E-state index contributed by atoms with van der Waals surface area (Å²) in [6.07, 6.45) is 2.75. The highest BCUT2D eigenvalue weighted by molar-refractivity contribution is 6.33. The molecule has 12 heteroatoms. The Hall–Kier alpha value is -3.05. The standard InChI is InChI=1S/C21H26ClF2N7O2/c1-20(2,24)11-27-14-7-17(29-16-5-6-31-18(30-16)13(22)9-28-31)25-8-12(14)19(32)26-10-15(23)21(3,4)33/h5-9,15,33H,10-11H2,1-4H3,(H,26,32)(H2,25,27,29,30)/t15-/m1/s1. The van der Waals surface area contributed by atoms with Crippen LogP contribution in [0, 0.1) is 0 Å². The zero-order valence-electron chi connectivity index (χ0n) is 18.7. The van der Waals surface area contributed by atoms with Gasteiger partial charge >= 0.3 is 0 Å². The van der Waals surface area contributed by atoms with Crippen molar-refractivity contribution in [2.45, 2.75) is 45.1 Å². The molecule has 0 aromatic carbocycles. The monoisotopic (exact) mass is 481 g/mol. The number of nitrogens with one attached hydrogen (secondary N) is 3. The van der Waals surface area contributed by atoms with Gasteiger partial charge in [-0.2, -0.15) is 5.10 Å². The first-order valence-corrected chi connectivity index (χ1v) is 10.6. The quantitative estimate of drug-likeness (QED) is 0.369. The van der Waals surface area contributed by atoms with E-state index >= 15 is 0 Å². The number of carbonyl (C=O) groups is 1. The summed E-state index contributed by atoms with van der Waals surface area (Å²) in [5.41, 5.74) is -2.33. The summed E-state index contributed by atoms with van der Waals surface area (Å²) in [4.78, 5) is 21.2. The van der Waals surface area contributed by atoms with Gasteiger partial charge in [0.1, 0.15) is 28.5 Å². The molecule has 0 fully saturated rings. The van der Waals surface area contributed by atoms with E-state index in [4.69, 9.17) is 11.6 Å². The number of nitrogens with zero attached hydrogens (tertiary/aromatic N) is 4.